The van der Waals surface area contributed by atoms with Gasteiger partial charge < -0.3 is 4.90 Å². The van der Waals surface area contributed by atoms with Crippen molar-refractivity contribution in [3.63, 3.8) is 0 Å². The van der Waals surface area contributed by atoms with E-state index in [9.17, 15) is 0 Å². The van der Waals surface area contributed by atoms with Crippen molar-refractivity contribution in [1.82, 2.24) is 10.2 Å². The number of fused-ring (bicyclic) bond motifs is 2. The second-order valence-corrected chi connectivity index (χ2v) is 6.99. The summed E-state index contributed by atoms with van der Waals surface area (Å²) < 4.78 is 0. The molecule has 108 valence electrons. The SMILES string of the molecule is CC(C)NC(C#N)CCN(C)CC1CC2CCC1C2. The molecule has 2 saturated carbocycles. The Hall–Kier alpha value is -0.590. The predicted octanol–water partition coefficient (Wildman–Crippen LogP) is 2.63. The van der Waals surface area contributed by atoms with Gasteiger partial charge in [0.1, 0.15) is 0 Å². The van der Waals surface area contributed by atoms with Gasteiger partial charge in [-0.15, -0.1) is 0 Å². The van der Waals surface area contributed by atoms with E-state index in [0.717, 1.165) is 30.7 Å². The maximum Gasteiger partial charge on any atom is 0.0967 e. The fraction of sp³-hybridized carbons (Fsp3) is 0.938. The first-order valence-electron chi connectivity index (χ1n) is 7.92. The third kappa shape index (κ3) is 4.19. The third-order valence-electron chi connectivity index (χ3n) is 4.92. The highest BCUT2D eigenvalue weighted by Crippen LogP contribution is 2.48. The van der Waals surface area contributed by atoms with Gasteiger partial charge >= 0.3 is 0 Å². The van der Waals surface area contributed by atoms with Crippen LogP contribution in [0.5, 0.6) is 0 Å². The molecule has 2 fully saturated rings. The molecule has 0 saturated heterocycles. The van der Waals surface area contributed by atoms with Gasteiger partial charge in [-0.05, 0) is 64.3 Å². The van der Waals surface area contributed by atoms with Crippen LogP contribution in [0.2, 0.25) is 0 Å². The summed E-state index contributed by atoms with van der Waals surface area (Å²) in [7, 11) is 2.22. The first-order valence-corrected chi connectivity index (χ1v) is 7.92. The van der Waals surface area contributed by atoms with E-state index in [4.69, 9.17) is 5.26 Å². The van der Waals surface area contributed by atoms with E-state index in [1.165, 1.54) is 32.2 Å². The molecule has 4 unspecified atom stereocenters. The molecule has 0 aromatic heterocycles. The summed E-state index contributed by atoms with van der Waals surface area (Å²) in [6, 6.07) is 2.76. The van der Waals surface area contributed by atoms with E-state index in [0.29, 0.717) is 6.04 Å². The van der Waals surface area contributed by atoms with Crippen LogP contribution in [0.1, 0.15) is 46.0 Å². The predicted molar refractivity (Wildman–Crippen MR) is 78.7 cm³/mol. The van der Waals surface area contributed by atoms with Crippen LogP contribution in [0.15, 0.2) is 0 Å². The Kier molecular flexibility index (Phi) is 5.24. The number of hydrogen-bond acceptors (Lipinski definition) is 3. The van der Waals surface area contributed by atoms with Gasteiger partial charge in [-0.25, -0.2) is 0 Å². The Labute approximate surface area is 118 Å². The van der Waals surface area contributed by atoms with Gasteiger partial charge in [-0.2, -0.15) is 5.26 Å². The molecule has 3 heteroatoms. The highest BCUT2D eigenvalue weighted by Gasteiger charge is 2.39. The summed E-state index contributed by atoms with van der Waals surface area (Å²) in [5.41, 5.74) is 0. The second-order valence-electron chi connectivity index (χ2n) is 6.99. The van der Waals surface area contributed by atoms with Crippen LogP contribution in [-0.2, 0) is 0 Å². The molecule has 0 amide bonds. The molecule has 0 aromatic rings. The molecule has 0 aromatic carbocycles. The summed E-state index contributed by atoms with van der Waals surface area (Å²) in [5.74, 6) is 2.98. The molecule has 2 aliphatic carbocycles. The fourth-order valence-electron chi connectivity index (χ4n) is 4.03. The lowest BCUT2D eigenvalue weighted by atomic mass is 9.88. The molecule has 0 spiro atoms. The van der Waals surface area contributed by atoms with Gasteiger partial charge in [-0.1, -0.05) is 6.42 Å². The van der Waals surface area contributed by atoms with Gasteiger partial charge in [0.05, 0.1) is 12.1 Å². The highest BCUT2D eigenvalue weighted by atomic mass is 15.1. The summed E-state index contributed by atoms with van der Waals surface area (Å²) >= 11 is 0. The maximum absolute atomic E-state index is 9.13. The van der Waals surface area contributed by atoms with Crippen molar-refractivity contribution in [3.05, 3.63) is 0 Å². The quantitative estimate of drug-likeness (QED) is 0.767. The molecule has 2 rings (SSSR count). The van der Waals surface area contributed by atoms with Crippen molar-refractivity contribution in [2.45, 2.75) is 58.0 Å². The van der Waals surface area contributed by atoms with Crippen LogP contribution in [0, 0.1) is 29.1 Å². The van der Waals surface area contributed by atoms with Gasteiger partial charge in [0.2, 0.25) is 0 Å². The monoisotopic (exact) mass is 263 g/mol. The standard InChI is InChI=1S/C16H29N3/c1-12(2)18-16(10-17)6-7-19(3)11-15-9-13-4-5-14(15)8-13/h12-16,18H,4-9,11H2,1-3H3. The Morgan fingerprint density at radius 1 is 1.32 bits per heavy atom. The normalized spacial score (nSPS) is 31.1. The zero-order valence-electron chi connectivity index (χ0n) is 12.7. The third-order valence-corrected chi connectivity index (χ3v) is 4.92. The number of nitrogens with one attached hydrogen (secondary N) is 1. The van der Waals surface area contributed by atoms with E-state index >= 15 is 0 Å². The van der Waals surface area contributed by atoms with Crippen molar-refractivity contribution < 1.29 is 0 Å². The lowest BCUT2D eigenvalue weighted by Gasteiger charge is -2.27. The van der Waals surface area contributed by atoms with Crippen molar-refractivity contribution in [2.75, 3.05) is 20.1 Å². The van der Waals surface area contributed by atoms with Crippen LogP contribution in [0.4, 0.5) is 0 Å². The molecule has 0 radical (unpaired) electrons. The topological polar surface area (TPSA) is 39.1 Å². The van der Waals surface area contributed by atoms with Crippen molar-refractivity contribution in [3.8, 4) is 6.07 Å². The molecular weight excluding hydrogens is 234 g/mol. The molecule has 3 nitrogen and oxygen atoms in total. The van der Waals surface area contributed by atoms with E-state index in [1.54, 1.807) is 0 Å². The average Bonchev–Trinajstić information content (AvgIpc) is 2.96. The largest absolute Gasteiger partial charge is 0.306 e. The molecular formula is C16H29N3. The summed E-state index contributed by atoms with van der Waals surface area (Å²) in [5, 5.41) is 12.4. The minimum atomic E-state index is 0.00230. The van der Waals surface area contributed by atoms with Crippen LogP contribution in [-0.4, -0.2) is 37.1 Å². The maximum atomic E-state index is 9.13. The highest BCUT2D eigenvalue weighted by molar-refractivity contribution is 4.93. The lowest BCUT2D eigenvalue weighted by molar-refractivity contribution is 0.214. The zero-order chi connectivity index (χ0) is 13.8. The minimum Gasteiger partial charge on any atom is -0.306 e. The number of nitriles is 1. The van der Waals surface area contributed by atoms with E-state index in [2.05, 4.69) is 37.2 Å². The van der Waals surface area contributed by atoms with Crippen molar-refractivity contribution in [2.24, 2.45) is 17.8 Å². The lowest BCUT2D eigenvalue weighted by Crippen LogP contribution is -2.37. The fourth-order valence-corrected chi connectivity index (χ4v) is 4.03. The van der Waals surface area contributed by atoms with Crippen LogP contribution >= 0.6 is 0 Å². The molecule has 0 heterocycles. The zero-order valence-corrected chi connectivity index (χ0v) is 12.7. The van der Waals surface area contributed by atoms with Gasteiger partial charge in [0, 0.05) is 19.1 Å². The van der Waals surface area contributed by atoms with Gasteiger partial charge in [0.15, 0.2) is 0 Å². The van der Waals surface area contributed by atoms with Crippen molar-refractivity contribution in [1.29, 1.82) is 5.26 Å². The van der Waals surface area contributed by atoms with Crippen LogP contribution in [0.25, 0.3) is 0 Å². The Morgan fingerprint density at radius 3 is 2.63 bits per heavy atom. The van der Waals surface area contributed by atoms with Crippen LogP contribution < -0.4 is 5.32 Å². The van der Waals surface area contributed by atoms with E-state index < -0.39 is 0 Å². The molecule has 19 heavy (non-hydrogen) atoms. The van der Waals surface area contributed by atoms with Gasteiger partial charge in [0.25, 0.3) is 0 Å². The Morgan fingerprint density at radius 2 is 2.11 bits per heavy atom. The van der Waals surface area contributed by atoms with E-state index in [1.807, 2.05) is 0 Å². The molecule has 0 aliphatic heterocycles. The van der Waals surface area contributed by atoms with Crippen LogP contribution in [0.3, 0.4) is 0 Å². The van der Waals surface area contributed by atoms with Gasteiger partial charge in [-0.3, -0.25) is 5.32 Å². The number of hydrogen-bond donors (Lipinski definition) is 1. The summed E-state index contributed by atoms with van der Waals surface area (Å²) in [6.45, 7) is 6.47. The second kappa shape index (κ2) is 6.72. The molecule has 1 N–H and O–H groups in total. The molecule has 2 aliphatic rings. The number of nitrogens with zero attached hydrogens (tertiary/aromatic N) is 2. The summed E-state index contributed by atoms with van der Waals surface area (Å²) in [6.07, 6.45) is 6.85. The Balaban J connectivity index is 1.67. The minimum absolute atomic E-state index is 0.00230. The Bertz CT molecular complexity index is 320. The number of rotatable bonds is 7. The summed E-state index contributed by atoms with van der Waals surface area (Å²) in [4.78, 5) is 2.44. The van der Waals surface area contributed by atoms with E-state index in [-0.39, 0.29) is 6.04 Å². The first-order chi connectivity index (χ1) is 9.08. The smallest absolute Gasteiger partial charge is 0.0967 e. The van der Waals surface area contributed by atoms with Crippen molar-refractivity contribution >= 4 is 0 Å². The molecule has 4 atom stereocenters. The first kappa shape index (κ1) is 14.8. The molecule has 2 bridgehead atoms. The average molecular weight is 263 g/mol.